The van der Waals surface area contributed by atoms with Gasteiger partial charge in [0.25, 0.3) is 0 Å². The summed E-state index contributed by atoms with van der Waals surface area (Å²) in [7, 11) is 0. The van der Waals surface area contributed by atoms with E-state index in [1.165, 1.54) is 0 Å². The lowest BCUT2D eigenvalue weighted by Crippen LogP contribution is -2.40. The van der Waals surface area contributed by atoms with Gasteiger partial charge in [-0.1, -0.05) is 19.4 Å². The Bertz CT molecular complexity index is 305. The van der Waals surface area contributed by atoms with Crippen molar-refractivity contribution in [2.45, 2.75) is 32.4 Å². The summed E-state index contributed by atoms with van der Waals surface area (Å²) < 4.78 is 0. The van der Waals surface area contributed by atoms with E-state index in [1.54, 1.807) is 6.20 Å². The predicted molar refractivity (Wildman–Crippen MR) is 66.2 cm³/mol. The van der Waals surface area contributed by atoms with Gasteiger partial charge in [0.05, 0.1) is 18.3 Å². The number of carbonyl (C=O) groups excluding carboxylic acids is 1. The molecule has 16 heavy (non-hydrogen) atoms. The number of aromatic nitrogens is 1. The lowest BCUT2D eigenvalue weighted by Gasteiger charge is -2.10. The predicted octanol–water partition coefficient (Wildman–Crippen LogP) is 1.25. The summed E-state index contributed by atoms with van der Waals surface area (Å²) in [6.07, 6.45) is 3.33. The summed E-state index contributed by atoms with van der Waals surface area (Å²) in [5.41, 5.74) is 6.50. The maximum Gasteiger partial charge on any atom is 0.237 e. The average molecular weight is 244 g/mol. The molecule has 0 aliphatic carbocycles. The first-order valence-corrected chi connectivity index (χ1v) is 5.17. The number of nitrogens with zero attached hydrogens (tertiary/aromatic N) is 1. The van der Waals surface area contributed by atoms with Crippen molar-refractivity contribution < 1.29 is 4.79 Å². The second kappa shape index (κ2) is 8.07. The molecule has 0 spiro atoms. The van der Waals surface area contributed by atoms with Crippen LogP contribution in [-0.4, -0.2) is 16.9 Å². The highest BCUT2D eigenvalue weighted by atomic mass is 35.5. The molecule has 5 heteroatoms. The number of hydrogen-bond acceptors (Lipinski definition) is 3. The van der Waals surface area contributed by atoms with Gasteiger partial charge in [-0.05, 0) is 18.6 Å². The SMILES string of the molecule is CCCC(N)C(=O)NCc1ccccn1.Cl. The number of carbonyl (C=O) groups is 1. The summed E-state index contributed by atoms with van der Waals surface area (Å²) >= 11 is 0. The van der Waals surface area contributed by atoms with E-state index in [4.69, 9.17) is 5.73 Å². The average Bonchev–Trinajstić information content (AvgIpc) is 2.27. The van der Waals surface area contributed by atoms with Crippen LogP contribution >= 0.6 is 12.4 Å². The minimum atomic E-state index is -0.404. The number of rotatable bonds is 5. The molecule has 1 heterocycles. The van der Waals surface area contributed by atoms with Crippen LogP contribution in [0.25, 0.3) is 0 Å². The van der Waals surface area contributed by atoms with Crippen molar-refractivity contribution in [2.75, 3.05) is 0 Å². The van der Waals surface area contributed by atoms with Crippen molar-refractivity contribution in [3.63, 3.8) is 0 Å². The normalized spacial score (nSPS) is 11.4. The molecule has 1 amide bonds. The van der Waals surface area contributed by atoms with Crippen molar-refractivity contribution in [1.82, 2.24) is 10.3 Å². The van der Waals surface area contributed by atoms with Crippen LogP contribution in [0.15, 0.2) is 24.4 Å². The number of halogens is 1. The number of amides is 1. The smallest absolute Gasteiger partial charge is 0.237 e. The summed E-state index contributed by atoms with van der Waals surface area (Å²) in [6.45, 7) is 2.45. The van der Waals surface area contributed by atoms with Crippen LogP contribution in [0.4, 0.5) is 0 Å². The maximum absolute atomic E-state index is 11.4. The Balaban J connectivity index is 0.00000225. The number of nitrogens with one attached hydrogen (secondary N) is 1. The van der Waals surface area contributed by atoms with Crippen LogP contribution < -0.4 is 11.1 Å². The molecular weight excluding hydrogens is 226 g/mol. The molecular formula is C11H18ClN3O. The molecule has 0 aliphatic heterocycles. The minimum absolute atomic E-state index is 0. The molecule has 1 aromatic rings. The Hall–Kier alpha value is -1.13. The van der Waals surface area contributed by atoms with Gasteiger partial charge < -0.3 is 11.1 Å². The first-order valence-electron chi connectivity index (χ1n) is 5.17. The summed E-state index contributed by atoms with van der Waals surface area (Å²) in [5.74, 6) is -0.109. The Kier molecular flexibility index (Phi) is 7.50. The second-order valence-electron chi connectivity index (χ2n) is 3.43. The van der Waals surface area contributed by atoms with Gasteiger partial charge in [-0.2, -0.15) is 0 Å². The minimum Gasteiger partial charge on any atom is -0.349 e. The van der Waals surface area contributed by atoms with E-state index in [-0.39, 0.29) is 18.3 Å². The molecule has 90 valence electrons. The van der Waals surface area contributed by atoms with Crippen LogP contribution in [0.3, 0.4) is 0 Å². The largest absolute Gasteiger partial charge is 0.349 e. The van der Waals surface area contributed by atoms with Crippen molar-refractivity contribution in [2.24, 2.45) is 5.73 Å². The Morgan fingerprint density at radius 1 is 1.56 bits per heavy atom. The van der Waals surface area contributed by atoms with Crippen molar-refractivity contribution in [1.29, 1.82) is 0 Å². The van der Waals surface area contributed by atoms with Gasteiger partial charge in [0.15, 0.2) is 0 Å². The van der Waals surface area contributed by atoms with E-state index in [0.717, 1.165) is 12.1 Å². The highest BCUT2D eigenvalue weighted by Gasteiger charge is 2.11. The first kappa shape index (κ1) is 14.9. The fourth-order valence-corrected chi connectivity index (χ4v) is 1.25. The topological polar surface area (TPSA) is 68.0 Å². The van der Waals surface area contributed by atoms with Crippen LogP contribution in [0.2, 0.25) is 0 Å². The molecule has 1 unspecified atom stereocenters. The van der Waals surface area contributed by atoms with Gasteiger partial charge in [0.2, 0.25) is 5.91 Å². The zero-order valence-corrected chi connectivity index (χ0v) is 10.2. The molecule has 0 saturated carbocycles. The molecule has 0 bridgehead atoms. The fraction of sp³-hybridized carbons (Fsp3) is 0.455. The molecule has 0 radical (unpaired) electrons. The van der Waals surface area contributed by atoms with Gasteiger partial charge in [-0.25, -0.2) is 0 Å². The van der Waals surface area contributed by atoms with Gasteiger partial charge in [0, 0.05) is 6.20 Å². The monoisotopic (exact) mass is 243 g/mol. The second-order valence-corrected chi connectivity index (χ2v) is 3.43. The highest BCUT2D eigenvalue weighted by molar-refractivity contribution is 5.85. The quantitative estimate of drug-likeness (QED) is 0.818. The molecule has 0 aliphatic rings. The number of pyridine rings is 1. The first-order chi connectivity index (χ1) is 7.24. The molecule has 1 rings (SSSR count). The van der Waals surface area contributed by atoms with Crippen molar-refractivity contribution in [3.8, 4) is 0 Å². The lowest BCUT2D eigenvalue weighted by molar-refractivity contribution is -0.122. The highest BCUT2D eigenvalue weighted by Crippen LogP contribution is 1.95. The molecule has 3 N–H and O–H groups in total. The van der Waals surface area contributed by atoms with Crippen molar-refractivity contribution >= 4 is 18.3 Å². The van der Waals surface area contributed by atoms with E-state index < -0.39 is 6.04 Å². The van der Waals surface area contributed by atoms with Crippen LogP contribution in [-0.2, 0) is 11.3 Å². The lowest BCUT2D eigenvalue weighted by atomic mass is 10.1. The van der Waals surface area contributed by atoms with E-state index >= 15 is 0 Å². The van der Waals surface area contributed by atoms with Crippen LogP contribution in [0.5, 0.6) is 0 Å². The van der Waals surface area contributed by atoms with Gasteiger partial charge in [0.1, 0.15) is 0 Å². The van der Waals surface area contributed by atoms with E-state index in [0.29, 0.717) is 13.0 Å². The van der Waals surface area contributed by atoms with Crippen molar-refractivity contribution in [3.05, 3.63) is 30.1 Å². The summed E-state index contributed by atoms with van der Waals surface area (Å²) in [6, 6.07) is 5.19. The van der Waals surface area contributed by atoms with Crippen LogP contribution in [0, 0.1) is 0 Å². The summed E-state index contributed by atoms with van der Waals surface area (Å²) in [4.78, 5) is 15.5. The molecule has 4 nitrogen and oxygen atoms in total. The van der Waals surface area contributed by atoms with E-state index in [9.17, 15) is 4.79 Å². The standard InChI is InChI=1S/C11H17N3O.ClH/c1-2-5-10(12)11(15)14-8-9-6-3-4-7-13-9;/h3-4,6-7,10H,2,5,8,12H2,1H3,(H,14,15);1H. The Morgan fingerprint density at radius 3 is 2.88 bits per heavy atom. The van der Waals surface area contributed by atoms with Gasteiger partial charge in [-0.3, -0.25) is 9.78 Å². The zero-order chi connectivity index (χ0) is 11.1. The Morgan fingerprint density at radius 2 is 2.31 bits per heavy atom. The third-order valence-electron chi connectivity index (χ3n) is 2.11. The van der Waals surface area contributed by atoms with Gasteiger partial charge >= 0.3 is 0 Å². The van der Waals surface area contributed by atoms with Gasteiger partial charge in [-0.15, -0.1) is 12.4 Å². The molecule has 1 aromatic heterocycles. The third kappa shape index (κ3) is 5.09. The van der Waals surface area contributed by atoms with E-state index in [2.05, 4.69) is 10.3 Å². The van der Waals surface area contributed by atoms with Crippen LogP contribution in [0.1, 0.15) is 25.5 Å². The Labute approximate surface area is 102 Å². The zero-order valence-electron chi connectivity index (χ0n) is 9.35. The molecule has 0 saturated heterocycles. The number of hydrogen-bond donors (Lipinski definition) is 2. The maximum atomic E-state index is 11.4. The molecule has 1 atom stereocenters. The number of nitrogens with two attached hydrogens (primary N) is 1. The third-order valence-corrected chi connectivity index (χ3v) is 2.11. The summed E-state index contributed by atoms with van der Waals surface area (Å²) in [5, 5.41) is 2.76. The molecule has 0 aromatic carbocycles. The van der Waals surface area contributed by atoms with E-state index in [1.807, 2.05) is 25.1 Å². The molecule has 0 fully saturated rings. The fourth-order valence-electron chi connectivity index (χ4n) is 1.25.